The minimum absolute atomic E-state index is 0.188. The first-order chi connectivity index (χ1) is 9.15. The van der Waals surface area contributed by atoms with Crippen LogP contribution in [0, 0.1) is 0 Å². The van der Waals surface area contributed by atoms with E-state index in [9.17, 15) is 8.42 Å². The van der Waals surface area contributed by atoms with Crippen LogP contribution >= 0.6 is 0 Å². The van der Waals surface area contributed by atoms with Gasteiger partial charge in [-0.05, 0) is 25.0 Å². The van der Waals surface area contributed by atoms with Gasteiger partial charge in [0, 0.05) is 13.1 Å². The molecule has 2 N–H and O–H groups in total. The van der Waals surface area contributed by atoms with Crippen LogP contribution in [0.4, 0.5) is 0 Å². The lowest BCUT2D eigenvalue weighted by atomic mass is 10.3. The fourth-order valence-electron chi connectivity index (χ4n) is 2.27. The monoisotopic (exact) mass is 280 g/mol. The summed E-state index contributed by atoms with van der Waals surface area (Å²) < 4.78 is 28.1. The number of H-pyrrole nitrogens is 1. The summed E-state index contributed by atoms with van der Waals surface area (Å²) in [6.07, 6.45) is 1.87. The molecule has 1 aliphatic heterocycles. The van der Waals surface area contributed by atoms with Gasteiger partial charge < -0.3 is 4.98 Å². The van der Waals surface area contributed by atoms with Crippen molar-refractivity contribution < 1.29 is 8.42 Å². The number of para-hydroxylation sites is 2. The van der Waals surface area contributed by atoms with Crippen LogP contribution in [0.25, 0.3) is 11.0 Å². The second-order valence-electron chi connectivity index (χ2n) is 4.63. The largest absolute Gasteiger partial charge is 0.341 e. The Labute approximate surface area is 112 Å². The SMILES string of the molecule is O=S(=O)(NCc1nc2ccccc2[nH]1)N1CCCC1. The fourth-order valence-corrected chi connectivity index (χ4v) is 3.51. The number of imidazole rings is 1. The minimum atomic E-state index is -3.37. The number of hydrogen-bond donors (Lipinski definition) is 2. The van der Waals surface area contributed by atoms with Crippen LogP contribution < -0.4 is 4.72 Å². The zero-order valence-electron chi connectivity index (χ0n) is 10.5. The highest BCUT2D eigenvalue weighted by Gasteiger charge is 2.24. The third-order valence-electron chi connectivity index (χ3n) is 3.27. The molecule has 2 aromatic rings. The number of benzene rings is 1. The van der Waals surface area contributed by atoms with Gasteiger partial charge in [0.05, 0.1) is 17.6 Å². The molecule has 0 aliphatic carbocycles. The summed E-state index contributed by atoms with van der Waals surface area (Å²) in [5.41, 5.74) is 1.76. The van der Waals surface area contributed by atoms with Gasteiger partial charge >= 0.3 is 0 Å². The first-order valence-corrected chi connectivity index (χ1v) is 7.77. The lowest BCUT2D eigenvalue weighted by Gasteiger charge is -2.15. The molecule has 0 spiro atoms. The summed E-state index contributed by atoms with van der Waals surface area (Å²) in [5, 5.41) is 0. The number of nitrogens with zero attached hydrogens (tertiary/aromatic N) is 2. The quantitative estimate of drug-likeness (QED) is 0.876. The first-order valence-electron chi connectivity index (χ1n) is 6.33. The highest BCUT2D eigenvalue weighted by atomic mass is 32.2. The highest BCUT2D eigenvalue weighted by molar-refractivity contribution is 7.87. The molecule has 1 aromatic carbocycles. The maximum atomic E-state index is 12.0. The van der Waals surface area contributed by atoms with Crippen molar-refractivity contribution in [3.63, 3.8) is 0 Å². The first kappa shape index (κ1) is 12.6. The van der Waals surface area contributed by atoms with Gasteiger partial charge in [0.2, 0.25) is 0 Å². The molecule has 1 fully saturated rings. The van der Waals surface area contributed by atoms with E-state index >= 15 is 0 Å². The van der Waals surface area contributed by atoms with Crippen molar-refractivity contribution in [2.45, 2.75) is 19.4 Å². The summed E-state index contributed by atoms with van der Waals surface area (Å²) >= 11 is 0. The van der Waals surface area contributed by atoms with Crippen molar-refractivity contribution in [2.24, 2.45) is 0 Å². The van der Waals surface area contributed by atoms with Crippen molar-refractivity contribution in [1.29, 1.82) is 0 Å². The number of nitrogens with one attached hydrogen (secondary N) is 2. The summed E-state index contributed by atoms with van der Waals surface area (Å²) in [5.74, 6) is 0.629. The molecule has 7 heteroatoms. The molecule has 1 saturated heterocycles. The van der Waals surface area contributed by atoms with Crippen LogP contribution in [0.15, 0.2) is 24.3 Å². The lowest BCUT2D eigenvalue weighted by molar-refractivity contribution is 0.464. The zero-order valence-corrected chi connectivity index (χ0v) is 11.3. The number of aromatic nitrogens is 2. The maximum Gasteiger partial charge on any atom is 0.279 e. The van der Waals surface area contributed by atoms with Crippen molar-refractivity contribution in [1.82, 2.24) is 19.0 Å². The minimum Gasteiger partial charge on any atom is -0.341 e. The lowest BCUT2D eigenvalue weighted by Crippen LogP contribution is -2.38. The van der Waals surface area contributed by atoms with Crippen LogP contribution in [-0.2, 0) is 16.8 Å². The van der Waals surface area contributed by atoms with E-state index in [4.69, 9.17) is 0 Å². The van der Waals surface area contributed by atoms with Crippen molar-refractivity contribution in [3.05, 3.63) is 30.1 Å². The predicted octanol–water partition coefficient (Wildman–Crippen LogP) is 0.993. The van der Waals surface area contributed by atoms with E-state index in [0.29, 0.717) is 18.9 Å². The van der Waals surface area contributed by atoms with E-state index in [1.165, 1.54) is 4.31 Å². The van der Waals surface area contributed by atoms with Gasteiger partial charge in [-0.1, -0.05) is 12.1 Å². The molecule has 0 bridgehead atoms. The average molecular weight is 280 g/mol. The van der Waals surface area contributed by atoms with E-state index in [1.807, 2.05) is 24.3 Å². The van der Waals surface area contributed by atoms with E-state index in [1.54, 1.807) is 0 Å². The normalized spacial score (nSPS) is 17.3. The fraction of sp³-hybridized carbons (Fsp3) is 0.417. The Kier molecular flexibility index (Phi) is 3.26. The van der Waals surface area contributed by atoms with Gasteiger partial charge in [-0.3, -0.25) is 0 Å². The molecule has 2 heterocycles. The summed E-state index contributed by atoms with van der Waals surface area (Å²) in [7, 11) is -3.37. The molecular weight excluding hydrogens is 264 g/mol. The Hall–Kier alpha value is -1.44. The Morgan fingerprint density at radius 1 is 1.26 bits per heavy atom. The molecule has 1 aliphatic rings. The Morgan fingerprint density at radius 3 is 2.74 bits per heavy atom. The molecule has 3 rings (SSSR count). The number of aromatic amines is 1. The van der Waals surface area contributed by atoms with Gasteiger partial charge in [0.1, 0.15) is 5.82 Å². The van der Waals surface area contributed by atoms with Gasteiger partial charge in [-0.15, -0.1) is 0 Å². The second kappa shape index (κ2) is 4.92. The molecule has 19 heavy (non-hydrogen) atoms. The Morgan fingerprint density at radius 2 is 2.00 bits per heavy atom. The molecule has 0 atom stereocenters. The van der Waals surface area contributed by atoms with Gasteiger partial charge in [0.15, 0.2) is 0 Å². The average Bonchev–Trinajstić information content (AvgIpc) is 3.05. The van der Waals surface area contributed by atoms with Crippen LogP contribution in [0.2, 0.25) is 0 Å². The molecular formula is C12H16N4O2S. The van der Waals surface area contributed by atoms with Crippen molar-refractivity contribution >= 4 is 21.2 Å². The molecule has 0 radical (unpaired) electrons. The molecule has 0 unspecified atom stereocenters. The maximum absolute atomic E-state index is 12.0. The van der Waals surface area contributed by atoms with Crippen LogP contribution in [-0.4, -0.2) is 35.8 Å². The molecule has 0 saturated carbocycles. The summed E-state index contributed by atoms with van der Waals surface area (Å²) in [6, 6.07) is 7.63. The smallest absolute Gasteiger partial charge is 0.279 e. The van der Waals surface area contributed by atoms with E-state index < -0.39 is 10.2 Å². The second-order valence-corrected chi connectivity index (χ2v) is 6.39. The standard InChI is InChI=1S/C12H16N4O2S/c17-19(18,16-7-3-4-8-16)13-9-12-14-10-5-1-2-6-11(10)15-12/h1-2,5-6,13H,3-4,7-9H2,(H,14,15). The molecule has 6 nitrogen and oxygen atoms in total. The Balaban J connectivity index is 1.71. The van der Waals surface area contributed by atoms with E-state index in [2.05, 4.69) is 14.7 Å². The van der Waals surface area contributed by atoms with Gasteiger partial charge in [-0.2, -0.15) is 17.4 Å². The third kappa shape index (κ3) is 2.63. The van der Waals surface area contributed by atoms with Crippen molar-refractivity contribution in [3.8, 4) is 0 Å². The molecule has 1 aromatic heterocycles. The summed E-state index contributed by atoms with van der Waals surface area (Å²) in [4.78, 5) is 7.44. The van der Waals surface area contributed by atoms with Crippen LogP contribution in [0.3, 0.4) is 0 Å². The highest BCUT2D eigenvalue weighted by Crippen LogP contribution is 2.13. The van der Waals surface area contributed by atoms with Crippen molar-refractivity contribution in [2.75, 3.05) is 13.1 Å². The van der Waals surface area contributed by atoms with Gasteiger partial charge in [-0.25, -0.2) is 4.98 Å². The predicted molar refractivity (Wildman–Crippen MR) is 72.7 cm³/mol. The number of rotatable bonds is 4. The third-order valence-corrected chi connectivity index (χ3v) is 4.82. The van der Waals surface area contributed by atoms with E-state index in [-0.39, 0.29) is 6.54 Å². The van der Waals surface area contributed by atoms with Crippen LogP contribution in [0.1, 0.15) is 18.7 Å². The molecule has 102 valence electrons. The topological polar surface area (TPSA) is 78.1 Å². The molecule has 0 amide bonds. The van der Waals surface area contributed by atoms with E-state index in [0.717, 1.165) is 23.9 Å². The number of hydrogen-bond acceptors (Lipinski definition) is 3. The van der Waals surface area contributed by atoms with Crippen LogP contribution in [0.5, 0.6) is 0 Å². The Bertz CT molecular complexity index is 641. The summed E-state index contributed by atoms with van der Waals surface area (Å²) in [6.45, 7) is 1.40. The number of fused-ring (bicyclic) bond motifs is 1. The van der Waals surface area contributed by atoms with Gasteiger partial charge in [0.25, 0.3) is 10.2 Å². The zero-order chi connectivity index (χ0) is 13.3.